The van der Waals surface area contributed by atoms with Gasteiger partial charge in [0, 0.05) is 0 Å². The first kappa shape index (κ1) is 22.9. The van der Waals surface area contributed by atoms with E-state index in [4.69, 9.17) is 9.47 Å². The van der Waals surface area contributed by atoms with Crippen molar-refractivity contribution < 1.29 is 19.1 Å². The fourth-order valence-electron chi connectivity index (χ4n) is 3.06. The lowest BCUT2D eigenvalue weighted by atomic mass is 10.2. The van der Waals surface area contributed by atoms with Crippen LogP contribution in [0.25, 0.3) is 0 Å². The summed E-state index contributed by atoms with van der Waals surface area (Å²) in [7, 11) is 0. The molecule has 0 aliphatic rings. The summed E-state index contributed by atoms with van der Waals surface area (Å²) in [6.07, 6.45) is -1.44. The van der Waals surface area contributed by atoms with Gasteiger partial charge in [0.2, 0.25) is 0 Å². The van der Waals surface area contributed by atoms with Gasteiger partial charge in [-0.2, -0.15) is 0 Å². The Balaban J connectivity index is 1.63. The van der Waals surface area contributed by atoms with Crippen LogP contribution in [-0.4, -0.2) is 24.0 Å². The molecule has 2 amide bonds. The van der Waals surface area contributed by atoms with Crippen LogP contribution in [-0.2, 0) is 9.59 Å². The van der Waals surface area contributed by atoms with Crippen molar-refractivity contribution in [3.63, 3.8) is 0 Å². The van der Waals surface area contributed by atoms with Gasteiger partial charge in [0.25, 0.3) is 11.8 Å². The molecule has 2 unspecified atom stereocenters. The average Bonchev–Trinajstić information content (AvgIpc) is 2.75. The number of hydrogen-bond acceptors (Lipinski definition) is 4. The van der Waals surface area contributed by atoms with Crippen molar-refractivity contribution in [3.05, 3.63) is 83.9 Å². The molecule has 6 heteroatoms. The number of ether oxygens (including phenoxy) is 2. The largest absolute Gasteiger partial charge is 0.481 e. The fraction of sp³-hybridized carbons (Fsp3) is 0.231. The van der Waals surface area contributed by atoms with Gasteiger partial charge in [-0.25, -0.2) is 0 Å². The third-order valence-corrected chi connectivity index (χ3v) is 4.79. The summed E-state index contributed by atoms with van der Waals surface area (Å²) in [4.78, 5) is 25.3. The molecule has 166 valence electrons. The lowest BCUT2D eigenvalue weighted by Gasteiger charge is -2.19. The highest BCUT2D eigenvalue weighted by Crippen LogP contribution is 2.23. The first-order valence-electron chi connectivity index (χ1n) is 10.5. The Kier molecular flexibility index (Phi) is 7.49. The van der Waals surface area contributed by atoms with E-state index in [-0.39, 0.29) is 11.8 Å². The topological polar surface area (TPSA) is 76.7 Å². The van der Waals surface area contributed by atoms with Crippen molar-refractivity contribution >= 4 is 23.2 Å². The smallest absolute Gasteiger partial charge is 0.265 e. The molecule has 2 atom stereocenters. The molecule has 0 aliphatic carbocycles. The number of para-hydroxylation sites is 2. The van der Waals surface area contributed by atoms with Crippen LogP contribution in [0.1, 0.15) is 25.0 Å². The molecule has 3 aromatic carbocycles. The fourth-order valence-corrected chi connectivity index (χ4v) is 3.06. The predicted octanol–water partition coefficient (Wildman–Crippen LogP) is 5.12. The molecular formula is C26H28N2O4. The minimum absolute atomic E-state index is 0.322. The Morgan fingerprint density at radius 1 is 0.656 bits per heavy atom. The number of hydrogen-bond donors (Lipinski definition) is 2. The molecular weight excluding hydrogens is 404 g/mol. The van der Waals surface area contributed by atoms with Crippen LogP contribution in [0.5, 0.6) is 11.5 Å². The molecule has 0 heterocycles. The summed E-state index contributed by atoms with van der Waals surface area (Å²) in [5.41, 5.74) is 3.05. The number of carbonyl (C=O) groups excluding carboxylic acids is 2. The summed E-state index contributed by atoms with van der Waals surface area (Å²) in [5, 5.41) is 5.65. The summed E-state index contributed by atoms with van der Waals surface area (Å²) in [5.74, 6) is 0.599. The van der Waals surface area contributed by atoms with E-state index in [0.717, 1.165) is 11.1 Å². The number of benzene rings is 3. The number of anilines is 2. The van der Waals surface area contributed by atoms with E-state index in [1.807, 2.05) is 50.2 Å². The van der Waals surface area contributed by atoms with Gasteiger partial charge in [-0.3, -0.25) is 9.59 Å². The summed E-state index contributed by atoms with van der Waals surface area (Å²) in [6, 6.07) is 22.0. The molecule has 0 spiro atoms. The van der Waals surface area contributed by atoms with Crippen molar-refractivity contribution in [2.45, 2.75) is 39.9 Å². The van der Waals surface area contributed by atoms with E-state index >= 15 is 0 Å². The second-order valence-corrected chi connectivity index (χ2v) is 7.68. The SMILES string of the molecule is Cc1cccc(OC(C)C(=O)Nc2ccccc2NC(=O)C(C)Oc2cccc(C)c2)c1. The molecule has 3 rings (SSSR count). The first-order chi connectivity index (χ1) is 15.3. The maximum Gasteiger partial charge on any atom is 0.265 e. The van der Waals surface area contributed by atoms with E-state index in [9.17, 15) is 9.59 Å². The minimum Gasteiger partial charge on any atom is -0.481 e. The second kappa shape index (κ2) is 10.5. The highest BCUT2D eigenvalue weighted by atomic mass is 16.5. The van der Waals surface area contributed by atoms with Crippen LogP contribution in [0, 0.1) is 13.8 Å². The Labute approximate surface area is 188 Å². The van der Waals surface area contributed by atoms with Crippen molar-refractivity contribution in [3.8, 4) is 11.5 Å². The maximum atomic E-state index is 12.7. The number of carbonyl (C=O) groups is 2. The zero-order chi connectivity index (χ0) is 23.1. The predicted molar refractivity (Wildman–Crippen MR) is 126 cm³/mol. The van der Waals surface area contributed by atoms with Crippen LogP contribution in [0.4, 0.5) is 11.4 Å². The highest BCUT2D eigenvalue weighted by molar-refractivity contribution is 6.02. The van der Waals surface area contributed by atoms with E-state index in [1.54, 1.807) is 50.2 Å². The zero-order valence-electron chi connectivity index (χ0n) is 18.7. The first-order valence-corrected chi connectivity index (χ1v) is 10.5. The third-order valence-electron chi connectivity index (χ3n) is 4.79. The summed E-state index contributed by atoms with van der Waals surface area (Å²) < 4.78 is 11.5. The van der Waals surface area contributed by atoms with Crippen LogP contribution < -0.4 is 20.1 Å². The Hall–Kier alpha value is -3.80. The highest BCUT2D eigenvalue weighted by Gasteiger charge is 2.19. The van der Waals surface area contributed by atoms with E-state index in [0.29, 0.717) is 22.9 Å². The molecule has 0 aromatic heterocycles. The van der Waals surface area contributed by atoms with Gasteiger partial charge >= 0.3 is 0 Å². The Morgan fingerprint density at radius 2 is 1.06 bits per heavy atom. The molecule has 0 radical (unpaired) electrons. The van der Waals surface area contributed by atoms with E-state index in [2.05, 4.69) is 10.6 Å². The molecule has 0 fully saturated rings. The molecule has 6 nitrogen and oxygen atoms in total. The summed E-state index contributed by atoms with van der Waals surface area (Å²) >= 11 is 0. The van der Waals surface area contributed by atoms with Crippen LogP contribution in [0.15, 0.2) is 72.8 Å². The van der Waals surface area contributed by atoms with Crippen LogP contribution in [0.2, 0.25) is 0 Å². The van der Waals surface area contributed by atoms with E-state index in [1.165, 1.54) is 0 Å². The molecule has 0 aliphatic heterocycles. The van der Waals surface area contributed by atoms with E-state index < -0.39 is 12.2 Å². The molecule has 0 saturated heterocycles. The van der Waals surface area contributed by atoms with Gasteiger partial charge in [-0.15, -0.1) is 0 Å². The number of rotatable bonds is 8. The monoisotopic (exact) mass is 432 g/mol. The van der Waals surface area contributed by atoms with Crippen LogP contribution in [0.3, 0.4) is 0 Å². The van der Waals surface area contributed by atoms with Gasteiger partial charge in [-0.1, -0.05) is 36.4 Å². The summed E-state index contributed by atoms with van der Waals surface area (Å²) in [6.45, 7) is 7.27. The van der Waals surface area contributed by atoms with Crippen molar-refractivity contribution in [1.29, 1.82) is 0 Å². The van der Waals surface area contributed by atoms with Gasteiger partial charge in [0.15, 0.2) is 12.2 Å². The molecule has 0 bridgehead atoms. The normalized spacial score (nSPS) is 12.4. The number of nitrogens with one attached hydrogen (secondary N) is 2. The van der Waals surface area contributed by atoms with Crippen LogP contribution >= 0.6 is 0 Å². The lowest BCUT2D eigenvalue weighted by molar-refractivity contribution is -0.122. The molecule has 2 N–H and O–H groups in total. The Morgan fingerprint density at radius 3 is 1.44 bits per heavy atom. The van der Waals surface area contributed by atoms with Crippen molar-refractivity contribution in [1.82, 2.24) is 0 Å². The Bertz CT molecular complexity index is 1010. The number of aryl methyl sites for hydroxylation is 2. The quantitative estimate of drug-likeness (QED) is 0.518. The minimum atomic E-state index is -0.718. The second-order valence-electron chi connectivity index (χ2n) is 7.68. The maximum absolute atomic E-state index is 12.7. The zero-order valence-corrected chi connectivity index (χ0v) is 18.7. The van der Waals surface area contributed by atoms with Gasteiger partial charge < -0.3 is 20.1 Å². The standard InChI is InChI=1S/C26H28N2O4/c1-17-9-7-11-21(15-17)31-19(3)25(29)27-23-13-5-6-14-24(23)28-26(30)20(4)32-22-12-8-10-18(2)16-22/h5-16,19-20H,1-4H3,(H,27,29)(H,28,30). The van der Waals surface area contributed by atoms with Crippen molar-refractivity contribution in [2.24, 2.45) is 0 Å². The van der Waals surface area contributed by atoms with Gasteiger partial charge in [0.05, 0.1) is 11.4 Å². The molecule has 32 heavy (non-hydrogen) atoms. The van der Waals surface area contributed by atoms with Crippen molar-refractivity contribution in [2.75, 3.05) is 10.6 Å². The van der Waals surface area contributed by atoms with Gasteiger partial charge in [0.1, 0.15) is 11.5 Å². The molecule has 0 saturated carbocycles. The number of amides is 2. The lowest BCUT2D eigenvalue weighted by Crippen LogP contribution is -2.32. The third kappa shape index (κ3) is 6.35. The molecule has 3 aromatic rings. The average molecular weight is 433 g/mol. The van der Waals surface area contributed by atoms with Gasteiger partial charge in [-0.05, 0) is 75.2 Å².